The predicted molar refractivity (Wildman–Crippen MR) is 101 cm³/mol. The molecule has 1 aromatic carbocycles. The number of urea groups is 1. The lowest BCUT2D eigenvalue weighted by Gasteiger charge is -2.26. The van der Waals surface area contributed by atoms with Crippen LogP contribution in [0.1, 0.15) is 29.3 Å². The minimum atomic E-state index is -0.128. The summed E-state index contributed by atoms with van der Waals surface area (Å²) >= 11 is 1.76. The van der Waals surface area contributed by atoms with Crippen molar-refractivity contribution < 1.29 is 9.53 Å². The van der Waals surface area contributed by atoms with Crippen molar-refractivity contribution in [3.63, 3.8) is 0 Å². The number of hydrogen-bond donors (Lipinski definition) is 2. The normalized spacial score (nSPS) is 15.7. The molecule has 2 aromatic rings. The first kappa shape index (κ1) is 17.8. The molecule has 2 amide bonds. The van der Waals surface area contributed by atoms with Crippen molar-refractivity contribution in [2.75, 3.05) is 26.7 Å². The van der Waals surface area contributed by atoms with Gasteiger partial charge >= 0.3 is 6.03 Å². The Morgan fingerprint density at radius 3 is 2.60 bits per heavy atom. The van der Waals surface area contributed by atoms with E-state index >= 15 is 0 Å². The van der Waals surface area contributed by atoms with E-state index in [4.69, 9.17) is 4.74 Å². The summed E-state index contributed by atoms with van der Waals surface area (Å²) in [6.07, 6.45) is 2.48. The van der Waals surface area contributed by atoms with Gasteiger partial charge in [0.1, 0.15) is 5.75 Å². The maximum atomic E-state index is 12.2. The SMILES string of the molecule is COc1ccc(CNC(=O)NCC(c2cccs2)N2CCCC2)cc1. The molecule has 0 spiro atoms. The molecule has 1 atom stereocenters. The molecule has 1 saturated heterocycles. The summed E-state index contributed by atoms with van der Waals surface area (Å²) < 4.78 is 5.14. The third-order valence-electron chi connectivity index (χ3n) is 4.52. The van der Waals surface area contributed by atoms with E-state index in [1.807, 2.05) is 24.3 Å². The number of ether oxygens (including phenoxy) is 1. The maximum Gasteiger partial charge on any atom is 0.315 e. The van der Waals surface area contributed by atoms with E-state index in [-0.39, 0.29) is 12.1 Å². The highest BCUT2D eigenvalue weighted by Gasteiger charge is 2.24. The van der Waals surface area contributed by atoms with Crippen LogP contribution in [0.25, 0.3) is 0 Å². The molecule has 0 radical (unpaired) electrons. The Hall–Kier alpha value is -2.05. The maximum absolute atomic E-state index is 12.2. The molecular formula is C19H25N3O2S. The fraction of sp³-hybridized carbons (Fsp3) is 0.421. The molecule has 25 heavy (non-hydrogen) atoms. The average molecular weight is 359 g/mol. The van der Waals surface area contributed by atoms with Gasteiger partial charge in [0.05, 0.1) is 13.2 Å². The average Bonchev–Trinajstić information content (AvgIpc) is 3.35. The van der Waals surface area contributed by atoms with E-state index < -0.39 is 0 Å². The van der Waals surface area contributed by atoms with E-state index in [9.17, 15) is 4.79 Å². The number of benzene rings is 1. The molecule has 0 aliphatic carbocycles. The molecule has 1 aliphatic rings. The van der Waals surface area contributed by atoms with Crippen LogP contribution < -0.4 is 15.4 Å². The van der Waals surface area contributed by atoms with Crippen LogP contribution in [0.2, 0.25) is 0 Å². The van der Waals surface area contributed by atoms with E-state index in [2.05, 4.69) is 33.0 Å². The summed E-state index contributed by atoms with van der Waals surface area (Å²) in [5.74, 6) is 0.817. The highest BCUT2D eigenvalue weighted by atomic mass is 32.1. The lowest BCUT2D eigenvalue weighted by molar-refractivity contribution is 0.222. The van der Waals surface area contributed by atoms with Gasteiger partial charge < -0.3 is 15.4 Å². The number of hydrogen-bond acceptors (Lipinski definition) is 4. The number of carbonyl (C=O) groups excluding carboxylic acids is 1. The van der Waals surface area contributed by atoms with Gasteiger partial charge in [-0.25, -0.2) is 4.79 Å². The van der Waals surface area contributed by atoms with Crippen molar-refractivity contribution in [2.45, 2.75) is 25.4 Å². The second-order valence-corrected chi connectivity index (χ2v) is 7.17. The molecule has 1 aliphatic heterocycles. The minimum Gasteiger partial charge on any atom is -0.497 e. The standard InChI is InChI=1S/C19H25N3O2S/c1-24-16-8-6-15(7-9-16)13-20-19(23)21-14-17(18-5-4-12-25-18)22-10-2-3-11-22/h4-9,12,17H,2-3,10-11,13-14H2,1H3,(H2,20,21,23). The molecule has 1 unspecified atom stereocenters. The van der Waals surface area contributed by atoms with Gasteiger partial charge in [-0.2, -0.15) is 0 Å². The van der Waals surface area contributed by atoms with Crippen LogP contribution in [0.3, 0.4) is 0 Å². The zero-order valence-corrected chi connectivity index (χ0v) is 15.3. The molecule has 5 nitrogen and oxygen atoms in total. The largest absolute Gasteiger partial charge is 0.497 e. The van der Waals surface area contributed by atoms with Gasteiger partial charge in [-0.15, -0.1) is 11.3 Å². The van der Waals surface area contributed by atoms with E-state index in [1.165, 1.54) is 17.7 Å². The predicted octanol–water partition coefficient (Wildman–Crippen LogP) is 3.39. The Labute approximate surface area is 153 Å². The van der Waals surface area contributed by atoms with Gasteiger partial charge in [0.2, 0.25) is 0 Å². The quantitative estimate of drug-likeness (QED) is 0.797. The lowest BCUT2D eigenvalue weighted by Crippen LogP contribution is -2.41. The summed E-state index contributed by atoms with van der Waals surface area (Å²) in [7, 11) is 1.64. The summed E-state index contributed by atoms with van der Waals surface area (Å²) in [6, 6.07) is 12.1. The molecule has 2 heterocycles. The first-order valence-corrected chi connectivity index (χ1v) is 9.56. The molecule has 6 heteroatoms. The Morgan fingerprint density at radius 1 is 1.20 bits per heavy atom. The third kappa shape index (κ3) is 4.96. The van der Waals surface area contributed by atoms with Crippen molar-refractivity contribution in [3.8, 4) is 5.75 Å². The minimum absolute atomic E-state index is 0.128. The molecule has 2 N–H and O–H groups in total. The summed E-state index contributed by atoms with van der Waals surface area (Å²) in [6.45, 7) is 3.35. The zero-order chi connectivity index (χ0) is 17.5. The van der Waals surface area contributed by atoms with E-state index in [1.54, 1.807) is 18.4 Å². The fourth-order valence-corrected chi connectivity index (χ4v) is 3.98. The number of likely N-dealkylation sites (tertiary alicyclic amines) is 1. The Morgan fingerprint density at radius 2 is 1.96 bits per heavy atom. The number of amides is 2. The zero-order valence-electron chi connectivity index (χ0n) is 14.5. The van der Waals surface area contributed by atoms with Crippen molar-refractivity contribution >= 4 is 17.4 Å². The van der Waals surface area contributed by atoms with Crippen LogP contribution in [-0.2, 0) is 6.54 Å². The summed E-state index contributed by atoms with van der Waals surface area (Å²) in [4.78, 5) is 16.0. The van der Waals surface area contributed by atoms with Crippen LogP contribution in [-0.4, -0.2) is 37.7 Å². The summed E-state index contributed by atoms with van der Waals surface area (Å²) in [5, 5.41) is 8.05. The second-order valence-electron chi connectivity index (χ2n) is 6.19. The van der Waals surface area contributed by atoms with Gasteiger partial charge in [-0.1, -0.05) is 18.2 Å². The summed E-state index contributed by atoms with van der Waals surface area (Å²) in [5.41, 5.74) is 1.05. The van der Waals surface area contributed by atoms with E-state index in [0.717, 1.165) is 24.4 Å². The van der Waals surface area contributed by atoms with Gasteiger partial charge in [-0.3, -0.25) is 4.90 Å². The Bertz CT molecular complexity index is 652. The number of nitrogens with one attached hydrogen (secondary N) is 2. The first-order valence-electron chi connectivity index (χ1n) is 8.68. The second kappa shape index (κ2) is 8.87. The third-order valence-corrected chi connectivity index (χ3v) is 5.49. The van der Waals surface area contributed by atoms with Crippen molar-refractivity contribution in [1.29, 1.82) is 0 Å². The number of nitrogens with zero attached hydrogens (tertiary/aromatic N) is 1. The smallest absolute Gasteiger partial charge is 0.315 e. The van der Waals surface area contributed by atoms with Crippen molar-refractivity contribution in [1.82, 2.24) is 15.5 Å². The van der Waals surface area contributed by atoms with Crippen LogP contribution in [0.4, 0.5) is 4.79 Å². The fourth-order valence-electron chi connectivity index (χ4n) is 3.12. The first-order chi connectivity index (χ1) is 12.3. The van der Waals surface area contributed by atoms with Gasteiger partial charge in [0.15, 0.2) is 0 Å². The van der Waals surface area contributed by atoms with Crippen LogP contribution in [0.15, 0.2) is 41.8 Å². The van der Waals surface area contributed by atoms with Gasteiger partial charge in [-0.05, 0) is 55.1 Å². The molecular weight excluding hydrogens is 334 g/mol. The Kier molecular flexibility index (Phi) is 6.30. The molecule has 134 valence electrons. The monoisotopic (exact) mass is 359 g/mol. The van der Waals surface area contributed by atoms with Crippen LogP contribution in [0, 0.1) is 0 Å². The molecule has 0 bridgehead atoms. The lowest BCUT2D eigenvalue weighted by atomic mass is 10.2. The molecule has 1 aromatic heterocycles. The van der Waals surface area contributed by atoms with Crippen molar-refractivity contribution in [2.24, 2.45) is 0 Å². The number of carbonyl (C=O) groups is 1. The Balaban J connectivity index is 1.49. The topological polar surface area (TPSA) is 53.6 Å². The highest BCUT2D eigenvalue weighted by molar-refractivity contribution is 7.10. The van der Waals surface area contributed by atoms with Crippen molar-refractivity contribution in [3.05, 3.63) is 52.2 Å². The van der Waals surface area contributed by atoms with Gasteiger partial charge in [0, 0.05) is 18.0 Å². The molecule has 1 fully saturated rings. The molecule has 3 rings (SSSR count). The van der Waals surface area contributed by atoms with Crippen LogP contribution in [0.5, 0.6) is 5.75 Å². The van der Waals surface area contributed by atoms with Gasteiger partial charge in [0.25, 0.3) is 0 Å². The molecule has 0 saturated carbocycles. The number of rotatable bonds is 7. The number of thiophene rings is 1. The highest BCUT2D eigenvalue weighted by Crippen LogP contribution is 2.27. The van der Waals surface area contributed by atoms with Crippen LogP contribution >= 0.6 is 11.3 Å². The van der Waals surface area contributed by atoms with E-state index in [0.29, 0.717) is 13.1 Å². The number of methoxy groups -OCH3 is 1.